The molecular weight excluding hydrogens is 254 g/mol. The number of hydrogen-bond donors (Lipinski definition) is 0. The highest BCUT2D eigenvalue weighted by atomic mass is 35.5. The maximum atomic E-state index is 11.9. The average Bonchev–Trinajstić information content (AvgIpc) is 2.48. The molecule has 0 unspecified atom stereocenters. The van der Waals surface area contributed by atoms with E-state index in [0.29, 0.717) is 0 Å². The first-order valence-corrected chi connectivity index (χ1v) is 5.54. The predicted octanol–water partition coefficient (Wildman–Crippen LogP) is 0.856. The van der Waals surface area contributed by atoms with Crippen LogP contribution in [0.2, 0.25) is 5.15 Å². The van der Waals surface area contributed by atoms with E-state index in [1.807, 2.05) is 0 Å². The summed E-state index contributed by atoms with van der Waals surface area (Å²) >= 11 is 6.32. The van der Waals surface area contributed by atoms with Crippen LogP contribution in [0.5, 0.6) is 0 Å². The molecule has 2 heterocycles. The van der Waals surface area contributed by atoms with Crippen molar-refractivity contribution in [3.8, 4) is 0 Å². The van der Waals surface area contributed by atoms with Crippen LogP contribution in [0.3, 0.4) is 0 Å². The number of halogens is 1. The van der Waals surface area contributed by atoms with Crippen molar-refractivity contribution in [2.45, 2.75) is 13.8 Å². The first-order chi connectivity index (χ1) is 7.43. The van der Waals surface area contributed by atoms with Gasteiger partial charge in [0.25, 0.3) is 11.3 Å². The molecular formula is C8H8ClN3O3S. The number of aromatic nitrogens is 2. The maximum absolute atomic E-state index is 11.9. The van der Waals surface area contributed by atoms with Crippen LogP contribution in [0.4, 0.5) is 5.82 Å². The number of hydrogen-bond acceptors (Lipinski definition) is 6. The monoisotopic (exact) mass is 261 g/mol. The van der Waals surface area contributed by atoms with Gasteiger partial charge in [0.05, 0.1) is 23.8 Å². The van der Waals surface area contributed by atoms with Crippen LogP contribution in [-0.4, -0.2) is 21.3 Å². The number of rotatable bonds is 1. The second-order valence-corrected chi connectivity index (χ2v) is 4.85. The average molecular weight is 262 g/mol. The van der Waals surface area contributed by atoms with Crippen molar-refractivity contribution in [3.05, 3.63) is 15.4 Å². The summed E-state index contributed by atoms with van der Waals surface area (Å²) in [5, 5.41) is 0.683. The predicted molar refractivity (Wildman–Crippen MR) is 58.4 cm³/mol. The molecule has 0 spiro atoms. The fraction of sp³-hybridized carbons (Fsp3) is 0.500. The minimum Gasteiger partial charge on any atom is -0.282 e. The fourth-order valence-electron chi connectivity index (χ4n) is 1.18. The van der Waals surface area contributed by atoms with Gasteiger partial charge in [-0.25, -0.2) is 0 Å². The van der Waals surface area contributed by atoms with Gasteiger partial charge in [-0.1, -0.05) is 11.6 Å². The molecule has 6 nitrogen and oxygen atoms in total. The van der Waals surface area contributed by atoms with Gasteiger partial charge in [0, 0.05) is 0 Å². The van der Waals surface area contributed by atoms with E-state index in [9.17, 15) is 9.59 Å². The first-order valence-electron chi connectivity index (χ1n) is 4.43. The number of carbonyl (C=O) groups excluding carboxylic acids is 1. The minimum atomic E-state index is -0.658. The lowest BCUT2D eigenvalue weighted by atomic mass is 9.95. The number of carbonyl (C=O) groups is 1. The lowest BCUT2D eigenvalue weighted by molar-refractivity contribution is -0.124. The molecule has 1 fully saturated rings. The highest BCUT2D eigenvalue weighted by Gasteiger charge is 2.43. The summed E-state index contributed by atoms with van der Waals surface area (Å²) in [6.45, 7) is 3.66. The molecule has 0 atom stereocenters. The largest absolute Gasteiger partial charge is 0.282 e. The van der Waals surface area contributed by atoms with Gasteiger partial charge >= 0.3 is 0 Å². The molecule has 1 aromatic heterocycles. The van der Waals surface area contributed by atoms with Gasteiger partial charge < -0.3 is 0 Å². The minimum absolute atomic E-state index is 0.124. The summed E-state index contributed by atoms with van der Waals surface area (Å²) in [5.41, 5.74) is -1.26. The smallest absolute Gasteiger partial charge is 0.262 e. The van der Waals surface area contributed by atoms with Gasteiger partial charge in [0.15, 0.2) is 5.15 Å². The quantitative estimate of drug-likeness (QED) is 0.750. The van der Waals surface area contributed by atoms with Gasteiger partial charge in [-0.15, -0.1) is 4.37 Å². The molecule has 0 N–H and O–H groups in total. The molecule has 0 aromatic carbocycles. The first kappa shape index (κ1) is 11.4. The third-order valence-electron chi connectivity index (χ3n) is 2.15. The van der Waals surface area contributed by atoms with Crippen molar-refractivity contribution in [2.75, 3.05) is 11.7 Å². The van der Waals surface area contributed by atoms with Crippen molar-refractivity contribution in [3.63, 3.8) is 0 Å². The molecule has 1 aliphatic heterocycles. The Labute approximate surface area is 100 Å². The Bertz CT molecular complexity index is 502. The Kier molecular flexibility index (Phi) is 2.69. The third-order valence-corrected chi connectivity index (χ3v) is 3.02. The molecule has 0 aliphatic carbocycles. The van der Waals surface area contributed by atoms with E-state index < -0.39 is 10.8 Å². The Morgan fingerprint density at radius 1 is 1.44 bits per heavy atom. The topological polar surface area (TPSA) is 72.4 Å². The lowest BCUT2D eigenvalue weighted by Crippen LogP contribution is -2.34. The fourth-order valence-corrected chi connectivity index (χ4v) is 1.78. The number of nitrogens with zero attached hydrogens (tertiary/aromatic N) is 3. The molecule has 1 aromatic rings. The Hall–Kier alpha value is -1.05. The van der Waals surface area contributed by atoms with E-state index in [1.54, 1.807) is 13.8 Å². The second-order valence-electron chi connectivity index (χ2n) is 3.96. The zero-order valence-electron chi connectivity index (χ0n) is 8.56. The van der Waals surface area contributed by atoms with E-state index in [0.717, 1.165) is 16.8 Å². The molecule has 86 valence electrons. The number of amides is 1. The zero-order valence-corrected chi connectivity index (χ0v) is 10.1. The third kappa shape index (κ3) is 1.70. The lowest BCUT2D eigenvalue weighted by Gasteiger charge is -2.13. The van der Waals surface area contributed by atoms with E-state index in [1.165, 1.54) is 0 Å². The summed E-state index contributed by atoms with van der Waals surface area (Å²) < 4.78 is 7.31. The van der Waals surface area contributed by atoms with Crippen LogP contribution in [0.1, 0.15) is 13.8 Å². The van der Waals surface area contributed by atoms with Crippen molar-refractivity contribution in [1.29, 1.82) is 0 Å². The summed E-state index contributed by atoms with van der Waals surface area (Å²) in [6.07, 6.45) is 0. The van der Waals surface area contributed by atoms with Gasteiger partial charge in [-0.2, -0.15) is 9.44 Å². The number of hydroxylamine groups is 1. The highest BCUT2D eigenvalue weighted by molar-refractivity contribution is 6.99. The van der Waals surface area contributed by atoms with Gasteiger partial charge in [-0.05, 0) is 13.8 Å². The highest BCUT2D eigenvalue weighted by Crippen LogP contribution is 2.29. The molecule has 0 radical (unpaired) electrons. The molecule has 1 aliphatic rings. The Balaban J connectivity index is 2.44. The van der Waals surface area contributed by atoms with E-state index in [2.05, 4.69) is 8.75 Å². The van der Waals surface area contributed by atoms with Gasteiger partial charge in [0.2, 0.25) is 5.82 Å². The molecule has 0 saturated carbocycles. The van der Waals surface area contributed by atoms with E-state index in [4.69, 9.17) is 16.4 Å². The molecule has 1 amide bonds. The van der Waals surface area contributed by atoms with E-state index >= 15 is 0 Å². The van der Waals surface area contributed by atoms with Crippen LogP contribution in [-0.2, 0) is 9.63 Å². The summed E-state index contributed by atoms with van der Waals surface area (Å²) in [5.74, 6) is -0.438. The van der Waals surface area contributed by atoms with Crippen molar-refractivity contribution >= 4 is 35.1 Å². The van der Waals surface area contributed by atoms with Crippen LogP contribution < -0.4 is 10.5 Å². The molecule has 0 bridgehead atoms. The molecule has 8 heteroatoms. The van der Waals surface area contributed by atoms with Crippen LogP contribution in [0.15, 0.2) is 4.79 Å². The number of anilines is 1. The molecule has 1 saturated heterocycles. The van der Waals surface area contributed by atoms with Gasteiger partial charge in [-0.3, -0.25) is 14.4 Å². The Morgan fingerprint density at radius 2 is 2.12 bits per heavy atom. The molecule has 2 rings (SSSR count). The SMILES string of the molecule is CC1(C)CON(c2nsnc(Cl)c2=O)C1=O. The van der Waals surface area contributed by atoms with Gasteiger partial charge in [0.1, 0.15) is 0 Å². The van der Waals surface area contributed by atoms with E-state index in [-0.39, 0.29) is 23.5 Å². The summed E-state index contributed by atoms with van der Waals surface area (Å²) in [7, 11) is 0. The van der Waals surface area contributed by atoms with Crippen molar-refractivity contribution in [1.82, 2.24) is 8.75 Å². The zero-order chi connectivity index (χ0) is 11.9. The van der Waals surface area contributed by atoms with Crippen molar-refractivity contribution < 1.29 is 9.63 Å². The summed E-state index contributed by atoms with van der Waals surface area (Å²) in [4.78, 5) is 28.6. The second kappa shape index (κ2) is 3.76. The summed E-state index contributed by atoms with van der Waals surface area (Å²) in [6, 6.07) is 0. The normalized spacial score (nSPS) is 19.2. The molecule has 16 heavy (non-hydrogen) atoms. The van der Waals surface area contributed by atoms with Crippen LogP contribution in [0, 0.1) is 5.41 Å². The Morgan fingerprint density at radius 3 is 2.69 bits per heavy atom. The van der Waals surface area contributed by atoms with Crippen LogP contribution >= 0.6 is 23.3 Å². The van der Waals surface area contributed by atoms with Crippen LogP contribution in [0.25, 0.3) is 0 Å². The maximum Gasteiger partial charge on any atom is 0.262 e. The van der Waals surface area contributed by atoms with Crippen molar-refractivity contribution in [2.24, 2.45) is 5.41 Å². The standard InChI is InChI=1S/C8H8ClN3O3S/c1-8(2)3-15-12(7(8)14)6-4(13)5(9)10-16-11-6/h3H2,1-2H3.